The van der Waals surface area contributed by atoms with E-state index in [4.69, 9.17) is 4.74 Å². The Labute approximate surface area is 113 Å². The molecule has 0 fully saturated rings. The van der Waals surface area contributed by atoms with Crippen LogP contribution in [0.15, 0.2) is 36.7 Å². The van der Waals surface area contributed by atoms with Gasteiger partial charge in [0.15, 0.2) is 0 Å². The number of benzene rings is 1. The van der Waals surface area contributed by atoms with Gasteiger partial charge in [-0.1, -0.05) is 12.1 Å². The summed E-state index contributed by atoms with van der Waals surface area (Å²) in [5.74, 6) is 0. The third kappa shape index (κ3) is 2.92. The molecule has 0 radical (unpaired) electrons. The number of aliphatic hydroxyl groups excluding tert-OH is 1. The molecule has 2 rings (SSSR count). The van der Waals surface area contributed by atoms with Gasteiger partial charge in [-0.25, -0.2) is 9.97 Å². The Morgan fingerprint density at radius 1 is 1.12 bits per heavy atom. The second-order valence-electron chi connectivity index (χ2n) is 3.46. The van der Waals surface area contributed by atoms with Crippen molar-refractivity contribution in [2.75, 3.05) is 7.11 Å². The number of ether oxygens (including phenoxy) is 1. The number of hydrogen-bond donors (Lipinski definition) is 1. The zero-order valence-corrected chi connectivity index (χ0v) is 11.3. The van der Waals surface area contributed by atoms with Crippen LogP contribution in [0.1, 0.15) is 17.2 Å². The fraction of sp³-hybridized carbons (Fsp3) is 0.167. The van der Waals surface area contributed by atoms with Gasteiger partial charge in [-0.05, 0) is 40.3 Å². The number of methoxy groups -OCH3 is 1. The average molecular weight is 342 g/mol. The number of nitrogens with zero attached hydrogens (tertiary/aromatic N) is 2. The highest BCUT2D eigenvalue weighted by molar-refractivity contribution is 14.1. The van der Waals surface area contributed by atoms with Gasteiger partial charge in [0, 0.05) is 21.5 Å². The van der Waals surface area contributed by atoms with Crippen LogP contribution < -0.4 is 4.74 Å². The molecule has 0 saturated heterocycles. The van der Waals surface area contributed by atoms with E-state index in [1.54, 1.807) is 12.4 Å². The summed E-state index contributed by atoms with van der Waals surface area (Å²) in [5.41, 5.74) is 1.46. The van der Waals surface area contributed by atoms with Crippen LogP contribution in [0.25, 0.3) is 0 Å². The molecule has 1 aromatic heterocycles. The van der Waals surface area contributed by atoms with E-state index >= 15 is 0 Å². The van der Waals surface area contributed by atoms with E-state index in [-0.39, 0.29) is 0 Å². The predicted molar refractivity (Wildman–Crippen MR) is 71.8 cm³/mol. The van der Waals surface area contributed by atoms with Gasteiger partial charge in [0.05, 0.1) is 7.11 Å². The van der Waals surface area contributed by atoms with Crippen LogP contribution in [-0.2, 0) is 0 Å². The maximum atomic E-state index is 10.1. The zero-order chi connectivity index (χ0) is 12.3. The van der Waals surface area contributed by atoms with E-state index in [2.05, 4.69) is 32.6 Å². The lowest BCUT2D eigenvalue weighted by atomic mass is 10.0. The largest absolute Gasteiger partial charge is 0.467 e. The zero-order valence-electron chi connectivity index (χ0n) is 9.17. The smallest absolute Gasteiger partial charge is 0.316 e. The molecule has 1 unspecified atom stereocenters. The normalized spacial score (nSPS) is 12.2. The number of halogens is 1. The Kier molecular flexibility index (Phi) is 3.90. The van der Waals surface area contributed by atoms with E-state index in [0.717, 1.165) is 9.13 Å². The van der Waals surface area contributed by atoms with E-state index in [1.165, 1.54) is 7.11 Å². The van der Waals surface area contributed by atoms with Crippen molar-refractivity contribution in [3.05, 3.63) is 51.4 Å². The Morgan fingerprint density at radius 2 is 1.71 bits per heavy atom. The summed E-state index contributed by atoms with van der Waals surface area (Å²) in [6, 6.07) is 7.96. The quantitative estimate of drug-likeness (QED) is 0.869. The molecule has 1 atom stereocenters. The van der Waals surface area contributed by atoms with Gasteiger partial charge < -0.3 is 9.84 Å². The van der Waals surface area contributed by atoms with Crippen LogP contribution in [-0.4, -0.2) is 22.2 Å². The van der Waals surface area contributed by atoms with Gasteiger partial charge in [-0.15, -0.1) is 0 Å². The van der Waals surface area contributed by atoms with Crippen LogP contribution in [0.3, 0.4) is 0 Å². The maximum absolute atomic E-state index is 10.1. The third-order valence-corrected chi connectivity index (χ3v) is 3.05. The minimum Gasteiger partial charge on any atom is -0.467 e. The third-order valence-electron chi connectivity index (χ3n) is 2.33. The Hall–Kier alpha value is -1.21. The predicted octanol–water partition coefficient (Wildman–Crippen LogP) is 2.17. The van der Waals surface area contributed by atoms with Crippen LogP contribution in [0.4, 0.5) is 0 Å². The second-order valence-corrected chi connectivity index (χ2v) is 4.70. The number of rotatable bonds is 3. The highest BCUT2D eigenvalue weighted by Crippen LogP contribution is 2.21. The summed E-state index contributed by atoms with van der Waals surface area (Å²) in [6.07, 6.45) is 2.42. The first-order valence-electron chi connectivity index (χ1n) is 5.00. The lowest BCUT2D eigenvalue weighted by Gasteiger charge is -2.10. The van der Waals surface area contributed by atoms with Gasteiger partial charge in [0.1, 0.15) is 6.10 Å². The molecule has 0 amide bonds. The topological polar surface area (TPSA) is 55.2 Å². The lowest BCUT2D eigenvalue weighted by molar-refractivity contribution is 0.219. The lowest BCUT2D eigenvalue weighted by Crippen LogP contribution is -2.02. The van der Waals surface area contributed by atoms with E-state index < -0.39 is 6.10 Å². The van der Waals surface area contributed by atoms with Crippen molar-refractivity contribution in [2.24, 2.45) is 0 Å². The molecule has 5 heteroatoms. The Bertz CT molecular complexity index is 485. The Balaban J connectivity index is 2.23. The standard InChI is InChI=1S/C12H11IN2O2/c1-17-12-14-6-9(7-15-12)11(16)8-2-4-10(13)5-3-8/h2-7,11,16H,1H3. The van der Waals surface area contributed by atoms with Crippen molar-refractivity contribution in [2.45, 2.75) is 6.10 Å². The SMILES string of the molecule is COc1ncc(C(O)c2ccc(I)cc2)cn1. The first-order valence-corrected chi connectivity index (χ1v) is 6.08. The molecule has 0 aliphatic rings. The van der Waals surface area contributed by atoms with Crippen molar-refractivity contribution in [3.8, 4) is 6.01 Å². The van der Waals surface area contributed by atoms with Crippen LogP contribution in [0, 0.1) is 3.57 Å². The maximum Gasteiger partial charge on any atom is 0.316 e. The highest BCUT2D eigenvalue weighted by Gasteiger charge is 2.11. The van der Waals surface area contributed by atoms with E-state index in [9.17, 15) is 5.11 Å². The van der Waals surface area contributed by atoms with Crippen molar-refractivity contribution < 1.29 is 9.84 Å². The molecule has 0 aliphatic heterocycles. The monoisotopic (exact) mass is 342 g/mol. The van der Waals surface area contributed by atoms with Gasteiger partial charge in [0.25, 0.3) is 0 Å². The van der Waals surface area contributed by atoms with Crippen LogP contribution >= 0.6 is 22.6 Å². The molecule has 88 valence electrons. The first-order chi connectivity index (χ1) is 8.20. The molecule has 2 aromatic rings. The molecule has 0 saturated carbocycles. The van der Waals surface area contributed by atoms with Gasteiger partial charge >= 0.3 is 6.01 Å². The fourth-order valence-electron chi connectivity index (χ4n) is 1.41. The minimum absolute atomic E-state index is 0.295. The van der Waals surface area contributed by atoms with E-state index in [1.807, 2.05) is 24.3 Å². The summed E-state index contributed by atoms with van der Waals surface area (Å²) >= 11 is 2.22. The van der Waals surface area contributed by atoms with Crippen molar-refractivity contribution in [3.63, 3.8) is 0 Å². The molecular weight excluding hydrogens is 331 g/mol. The fourth-order valence-corrected chi connectivity index (χ4v) is 1.77. The summed E-state index contributed by atoms with van der Waals surface area (Å²) in [6.45, 7) is 0. The van der Waals surface area contributed by atoms with Crippen LogP contribution in [0.5, 0.6) is 6.01 Å². The van der Waals surface area contributed by atoms with Crippen molar-refractivity contribution >= 4 is 22.6 Å². The number of hydrogen-bond acceptors (Lipinski definition) is 4. The Morgan fingerprint density at radius 3 is 2.24 bits per heavy atom. The minimum atomic E-state index is -0.710. The molecule has 17 heavy (non-hydrogen) atoms. The molecule has 0 aliphatic carbocycles. The summed E-state index contributed by atoms with van der Waals surface area (Å²) in [5, 5.41) is 10.1. The molecule has 1 N–H and O–H groups in total. The summed E-state index contributed by atoms with van der Waals surface area (Å²) in [4.78, 5) is 7.93. The van der Waals surface area contributed by atoms with E-state index in [0.29, 0.717) is 11.6 Å². The average Bonchev–Trinajstić information content (AvgIpc) is 2.39. The molecule has 4 nitrogen and oxygen atoms in total. The molecule has 1 heterocycles. The number of aliphatic hydroxyl groups is 1. The first kappa shape index (κ1) is 12.3. The second kappa shape index (κ2) is 5.42. The van der Waals surface area contributed by atoms with Crippen molar-refractivity contribution in [1.29, 1.82) is 0 Å². The van der Waals surface area contributed by atoms with Crippen molar-refractivity contribution in [1.82, 2.24) is 9.97 Å². The molecular formula is C12H11IN2O2. The molecule has 1 aromatic carbocycles. The number of aromatic nitrogens is 2. The van der Waals surface area contributed by atoms with Gasteiger partial charge in [-0.3, -0.25) is 0 Å². The summed E-state index contributed by atoms with van der Waals surface area (Å²) < 4.78 is 5.99. The highest BCUT2D eigenvalue weighted by atomic mass is 127. The van der Waals surface area contributed by atoms with Crippen LogP contribution in [0.2, 0.25) is 0 Å². The van der Waals surface area contributed by atoms with Gasteiger partial charge in [0.2, 0.25) is 0 Å². The molecule has 0 spiro atoms. The summed E-state index contributed by atoms with van der Waals surface area (Å²) in [7, 11) is 1.50. The van der Waals surface area contributed by atoms with Gasteiger partial charge in [-0.2, -0.15) is 0 Å². The molecule has 0 bridgehead atoms.